The van der Waals surface area contributed by atoms with Gasteiger partial charge in [0.05, 0.1) is 31.7 Å². The van der Waals surface area contributed by atoms with E-state index in [2.05, 4.69) is 10.3 Å². The normalized spacial score (nSPS) is 19.1. The molecular weight excluding hydrogens is 704 g/mol. The van der Waals surface area contributed by atoms with Crippen LogP contribution in [0.3, 0.4) is 0 Å². The van der Waals surface area contributed by atoms with Crippen molar-refractivity contribution in [3.05, 3.63) is 146 Å². The van der Waals surface area contributed by atoms with Gasteiger partial charge in [0.15, 0.2) is 34.7 Å². The predicted molar refractivity (Wildman–Crippen MR) is 174 cm³/mol. The van der Waals surface area contributed by atoms with Crippen LogP contribution in [0.4, 0.5) is 22.0 Å². The molecule has 2 heterocycles. The van der Waals surface area contributed by atoms with Gasteiger partial charge in [0, 0.05) is 18.0 Å². The van der Waals surface area contributed by atoms with Crippen LogP contribution < -0.4 is 5.32 Å². The van der Waals surface area contributed by atoms with Crippen LogP contribution in [-0.4, -0.2) is 26.7 Å². The minimum Gasteiger partial charge on any atom is -0.392 e. The van der Waals surface area contributed by atoms with E-state index in [0.29, 0.717) is 12.1 Å². The van der Waals surface area contributed by atoms with Crippen LogP contribution in [0.5, 0.6) is 0 Å². The Morgan fingerprint density at radius 2 is 1.48 bits per heavy atom. The Hall–Kier alpha value is -4.33. The number of hydrogen-bond donors (Lipinski definition) is 2. The highest BCUT2D eigenvalue weighted by atomic mass is 35.5. The lowest BCUT2D eigenvalue weighted by molar-refractivity contribution is -0.276. The molecule has 7 nitrogen and oxygen atoms in total. The zero-order valence-electron chi connectivity index (χ0n) is 26.1. The van der Waals surface area contributed by atoms with Gasteiger partial charge in [-0.3, -0.25) is 4.79 Å². The Kier molecular flexibility index (Phi) is 10.6. The maximum absolute atomic E-state index is 14.1. The molecule has 50 heavy (non-hydrogen) atoms. The number of halogens is 7. The number of carbonyl (C=O) groups excluding carboxylic acids is 1. The molecular formula is C36H28Cl2F5N3O4. The first kappa shape index (κ1) is 35.5. The van der Waals surface area contributed by atoms with E-state index in [-0.39, 0.29) is 41.6 Å². The molecule has 1 aliphatic heterocycles. The Labute approximate surface area is 293 Å². The fourth-order valence-electron chi connectivity index (χ4n) is 5.76. The van der Waals surface area contributed by atoms with E-state index < -0.39 is 46.8 Å². The molecule has 0 radical (unpaired) electrons. The number of imidazole rings is 1. The summed E-state index contributed by atoms with van der Waals surface area (Å²) in [6, 6.07) is 21.7. The molecule has 0 aliphatic carbocycles. The molecule has 260 valence electrons. The minimum absolute atomic E-state index is 0.0854. The maximum Gasteiger partial charge on any atom is 0.257 e. The van der Waals surface area contributed by atoms with Gasteiger partial charge in [0.1, 0.15) is 10.7 Å². The highest BCUT2D eigenvalue weighted by molar-refractivity contribution is 6.40. The molecule has 4 aromatic carbocycles. The van der Waals surface area contributed by atoms with Crippen molar-refractivity contribution in [2.75, 3.05) is 0 Å². The number of nitrogens with one attached hydrogen (secondary N) is 1. The monoisotopic (exact) mass is 731 g/mol. The van der Waals surface area contributed by atoms with Crippen molar-refractivity contribution in [3.8, 4) is 11.1 Å². The molecule has 0 saturated carbocycles. The molecule has 1 aromatic heterocycles. The molecule has 1 fully saturated rings. The number of nitrogens with zero attached hydrogens (tertiary/aromatic N) is 2. The van der Waals surface area contributed by atoms with E-state index in [1.165, 1.54) is 0 Å². The topological polar surface area (TPSA) is 85.6 Å². The highest BCUT2D eigenvalue weighted by Crippen LogP contribution is 2.43. The van der Waals surface area contributed by atoms with E-state index in [4.69, 9.17) is 32.7 Å². The molecule has 6 rings (SSSR count). The second-order valence-corrected chi connectivity index (χ2v) is 12.5. The fourth-order valence-corrected chi connectivity index (χ4v) is 6.07. The number of carbonyl (C=O) groups is 1. The van der Waals surface area contributed by atoms with Crippen LogP contribution in [0.2, 0.25) is 10.3 Å². The van der Waals surface area contributed by atoms with Crippen LogP contribution in [0.1, 0.15) is 51.9 Å². The van der Waals surface area contributed by atoms with Crippen molar-refractivity contribution in [2.24, 2.45) is 5.92 Å². The molecule has 1 aliphatic rings. The van der Waals surface area contributed by atoms with Gasteiger partial charge in [-0.05, 0) is 33.9 Å². The average molecular weight is 733 g/mol. The Morgan fingerprint density at radius 1 is 0.840 bits per heavy atom. The smallest absolute Gasteiger partial charge is 0.257 e. The minimum atomic E-state index is -2.34. The van der Waals surface area contributed by atoms with Crippen molar-refractivity contribution in [1.82, 2.24) is 14.9 Å². The Balaban J connectivity index is 1.20. The molecule has 1 amide bonds. The summed E-state index contributed by atoms with van der Waals surface area (Å²) in [4.78, 5) is 16.5. The van der Waals surface area contributed by atoms with Crippen LogP contribution in [-0.2, 0) is 29.2 Å². The number of hydrogen-bond acceptors (Lipinski definition) is 5. The summed E-state index contributed by atoms with van der Waals surface area (Å²) < 4.78 is 83.5. The van der Waals surface area contributed by atoms with Crippen LogP contribution in [0.15, 0.2) is 79.1 Å². The molecule has 4 atom stereocenters. The van der Waals surface area contributed by atoms with Crippen LogP contribution >= 0.6 is 23.2 Å². The third kappa shape index (κ3) is 7.12. The van der Waals surface area contributed by atoms with Gasteiger partial charge in [0.2, 0.25) is 5.82 Å². The maximum atomic E-state index is 14.1. The van der Waals surface area contributed by atoms with Gasteiger partial charge < -0.3 is 24.5 Å². The number of rotatable bonds is 9. The summed E-state index contributed by atoms with van der Waals surface area (Å²) in [5.74, 6) is -12.7. The largest absolute Gasteiger partial charge is 0.392 e. The van der Waals surface area contributed by atoms with E-state index in [9.17, 15) is 31.9 Å². The zero-order chi connectivity index (χ0) is 35.7. The lowest BCUT2D eigenvalue weighted by Crippen LogP contribution is -2.39. The van der Waals surface area contributed by atoms with Crippen LogP contribution in [0.25, 0.3) is 11.1 Å². The standard InChI is InChI=1S/C36H28Cl2F5N3O4/c1-18-25(15-46-17-45-33(37)34(46)38)49-36(50-32(18)22-7-5-19(16-47)6-8-22)23-11-9-21(10-12-23)24-4-2-3-20(13-24)14-44-35(48)26-27(39)29(41)31(43)30(42)28(26)40/h2-13,17-18,25,32,36,47H,14-16H2,1H3,(H,44,48)/t18-,25+,32+,36+/m1/s1. The number of ether oxygens (including phenoxy) is 2. The van der Waals surface area contributed by atoms with Gasteiger partial charge in [-0.25, -0.2) is 26.9 Å². The van der Waals surface area contributed by atoms with Crippen molar-refractivity contribution in [1.29, 1.82) is 0 Å². The second kappa shape index (κ2) is 14.9. The number of aliphatic hydroxyl groups excluding tert-OH is 1. The molecule has 2 N–H and O–H groups in total. The summed E-state index contributed by atoms with van der Waals surface area (Å²) in [5, 5.41) is 12.2. The first-order valence-corrected chi connectivity index (χ1v) is 16.1. The van der Waals surface area contributed by atoms with Gasteiger partial charge >= 0.3 is 0 Å². The summed E-state index contributed by atoms with van der Waals surface area (Å²) >= 11 is 12.4. The predicted octanol–water partition coefficient (Wildman–Crippen LogP) is 8.47. The first-order valence-electron chi connectivity index (χ1n) is 15.3. The molecule has 1 saturated heterocycles. The number of aromatic nitrogens is 2. The summed E-state index contributed by atoms with van der Waals surface area (Å²) in [6.45, 7) is 2.04. The number of aliphatic hydroxyl groups is 1. The fraction of sp³-hybridized carbons (Fsp3) is 0.222. The lowest BCUT2D eigenvalue weighted by atomic mass is 9.90. The second-order valence-electron chi connectivity index (χ2n) is 11.8. The molecule has 14 heteroatoms. The molecule has 0 spiro atoms. The van der Waals surface area contributed by atoms with E-state index in [1.807, 2.05) is 61.5 Å². The Bertz CT molecular complexity index is 2000. The van der Waals surface area contributed by atoms with E-state index in [1.54, 1.807) is 29.1 Å². The van der Waals surface area contributed by atoms with Crippen molar-refractivity contribution < 1.29 is 41.3 Å². The SMILES string of the molecule is C[C@@H]1[C@H](Cn2cnc(Cl)c2Cl)O[C@H](c2ccc(-c3cccc(CNC(=O)c4c(F)c(F)c(F)c(F)c4F)c3)cc2)O[C@@H]1c1ccc(CO)cc1. The third-order valence-electron chi connectivity index (χ3n) is 8.57. The molecule has 5 aromatic rings. The van der Waals surface area contributed by atoms with Gasteiger partial charge in [0.25, 0.3) is 5.91 Å². The van der Waals surface area contributed by atoms with Crippen molar-refractivity contribution in [2.45, 2.75) is 45.1 Å². The van der Waals surface area contributed by atoms with Gasteiger partial charge in [-0.1, -0.05) is 96.9 Å². The first-order chi connectivity index (χ1) is 24.0. The van der Waals surface area contributed by atoms with Crippen molar-refractivity contribution in [3.63, 3.8) is 0 Å². The zero-order valence-corrected chi connectivity index (χ0v) is 27.7. The molecule has 0 unspecified atom stereocenters. The molecule has 0 bridgehead atoms. The summed E-state index contributed by atoms with van der Waals surface area (Å²) in [5.41, 5.74) is 2.85. The quantitative estimate of drug-likeness (QED) is 0.0903. The van der Waals surface area contributed by atoms with Gasteiger partial charge in [-0.15, -0.1) is 0 Å². The summed E-state index contributed by atoms with van der Waals surface area (Å²) in [7, 11) is 0. The highest BCUT2D eigenvalue weighted by Gasteiger charge is 2.39. The van der Waals surface area contributed by atoms with Gasteiger partial charge in [-0.2, -0.15) is 0 Å². The summed E-state index contributed by atoms with van der Waals surface area (Å²) in [6.07, 6.45) is 0.0361. The van der Waals surface area contributed by atoms with Crippen LogP contribution in [0, 0.1) is 35.0 Å². The number of amides is 1. The lowest BCUT2D eigenvalue weighted by Gasteiger charge is -2.41. The average Bonchev–Trinajstić information content (AvgIpc) is 3.45. The van der Waals surface area contributed by atoms with E-state index >= 15 is 0 Å². The van der Waals surface area contributed by atoms with E-state index in [0.717, 1.165) is 27.8 Å². The Morgan fingerprint density at radius 3 is 2.10 bits per heavy atom. The van der Waals surface area contributed by atoms with Crippen molar-refractivity contribution >= 4 is 29.1 Å². The third-order valence-corrected chi connectivity index (χ3v) is 9.34. The number of benzene rings is 4.